The number of hydrogen-bond donors (Lipinski definition) is 2. The fourth-order valence-electron chi connectivity index (χ4n) is 3.90. The highest BCUT2D eigenvalue weighted by Gasteiger charge is 2.46. The third-order valence-electron chi connectivity index (χ3n) is 5.24. The normalized spacial score (nSPS) is 15.8. The molecule has 0 spiro atoms. The van der Waals surface area contributed by atoms with Crippen molar-refractivity contribution in [1.29, 1.82) is 0 Å². The molecule has 0 fully saturated rings. The summed E-state index contributed by atoms with van der Waals surface area (Å²) in [4.78, 5) is 40.6. The van der Waals surface area contributed by atoms with E-state index >= 15 is 0 Å². The fraction of sp³-hybridized carbons (Fsp3) is 0.433. The molecule has 2 aromatic rings. The molecule has 2 N–H and O–H groups in total. The zero-order valence-electron chi connectivity index (χ0n) is 23.5. The van der Waals surface area contributed by atoms with E-state index in [0.717, 1.165) is 0 Å². The number of nitrogens with one attached hydrogen (secondary N) is 1. The average molecular weight is 524 g/mol. The number of ketones is 1. The van der Waals surface area contributed by atoms with Gasteiger partial charge in [-0.25, -0.2) is 4.79 Å². The number of ether oxygens (including phenoxy) is 3. The first kappa shape index (κ1) is 28.8. The van der Waals surface area contributed by atoms with Gasteiger partial charge in [0.25, 0.3) is 0 Å². The van der Waals surface area contributed by atoms with E-state index in [-0.39, 0.29) is 28.3 Å². The van der Waals surface area contributed by atoms with Crippen LogP contribution >= 0.6 is 0 Å². The molecule has 3 rings (SSSR count). The molecular formula is C30H37NO7. The summed E-state index contributed by atoms with van der Waals surface area (Å²) in [6.45, 7) is 15.8. The number of phenols is 1. The van der Waals surface area contributed by atoms with Gasteiger partial charge in [-0.15, -0.1) is 0 Å². The second-order valence-electron chi connectivity index (χ2n) is 12.3. The highest BCUT2D eigenvalue weighted by molar-refractivity contribution is 6.11. The fourth-order valence-corrected chi connectivity index (χ4v) is 3.90. The van der Waals surface area contributed by atoms with Crippen molar-refractivity contribution >= 4 is 17.7 Å². The summed E-state index contributed by atoms with van der Waals surface area (Å²) in [7, 11) is 0. The summed E-state index contributed by atoms with van der Waals surface area (Å²) < 4.78 is 17.4. The Hall–Kier alpha value is -3.81. The number of rotatable bonds is 5. The first-order chi connectivity index (χ1) is 17.4. The van der Waals surface area contributed by atoms with Gasteiger partial charge in [0.2, 0.25) is 5.88 Å². The van der Waals surface area contributed by atoms with Gasteiger partial charge in [-0.2, -0.15) is 0 Å². The largest absolute Gasteiger partial charge is 0.507 e. The molecular weight excluding hydrogens is 486 g/mol. The molecule has 2 aromatic carbocycles. The van der Waals surface area contributed by atoms with Crippen LogP contribution in [0.3, 0.4) is 0 Å². The van der Waals surface area contributed by atoms with Gasteiger partial charge >= 0.3 is 11.9 Å². The zero-order chi connectivity index (χ0) is 28.6. The predicted molar refractivity (Wildman–Crippen MR) is 143 cm³/mol. The molecule has 8 nitrogen and oxygen atoms in total. The van der Waals surface area contributed by atoms with Gasteiger partial charge in [0, 0.05) is 11.1 Å². The van der Waals surface area contributed by atoms with Gasteiger partial charge in [-0.3, -0.25) is 9.59 Å². The first-order valence-corrected chi connectivity index (χ1v) is 12.5. The van der Waals surface area contributed by atoms with E-state index in [0.29, 0.717) is 5.56 Å². The Morgan fingerprint density at radius 1 is 0.842 bits per heavy atom. The van der Waals surface area contributed by atoms with E-state index in [4.69, 9.17) is 14.2 Å². The van der Waals surface area contributed by atoms with Crippen LogP contribution in [0.1, 0.15) is 89.7 Å². The minimum absolute atomic E-state index is 0.0108. The lowest BCUT2D eigenvalue weighted by molar-refractivity contribution is -0.160. The first-order valence-electron chi connectivity index (χ1n) is 12.5. The Morgan fingerprint density at radius 2 is 1.42 bits per heavy atom. The average Bonchev–Trinajstić information content (AvgIpc) is 2.75. The second kappa shape index (κ2) is 10.2. The van der Waals surface area contributed by atoms with Gasteiger partial charge in [-0.1, -0.05) is 30.3 Å². The van der Waals surface area contributed by atoms with E-state index in [1.807, 2.05) is 20.8 Å². The Balaban J connectivity index is 2.29. The molecule has 8 heteroatoms. The summed E-state index contributed by atoms with van der Waals surface area (Å²) in [6.07, 6.45) is 0. The van der Waals surface area contributed by atoms with Crippen LogP contribution < -0.4 is 10.1 Å². The Kier molecular flexibility index (Phi) is 7.69. The van der Waals surface area contributed by atoms with Crippen LogP contribution in [0, 0.1) is 0 Å². The highest BCUT2D eigenvalue weighted by atomic mass is 16.6. The van der Waals surface area contributed by atoms with Crippen molar-refractivity contribution in [3.8, 4) is 11.5 Å². The van der Waals surface area contributed by atoms with Gasteiger partial charge in [0.1, 0.15) is 34.2 Å². The number of fused-ring (bicyclic) bond motifs is 1. The van der Waals surface area contributed by atoms with E-state index in [1.54, 1.807) is 71.9 Å². The molecule has 1 atom stereocenters. The quantitative estimate of drug-likeness (QED) is 0.397. The number of phenolic OH excluding ortho intramolecular Hbond substituents is 1. The van der Waals surface area contributed by atoms with Crippen molar-refractivity contribution in [2.45, 2.75) is 85.0 Å². The maximum absolute atomic E-state index is 13.7. The van der Waals surface area contributed by atoms with Crippen LogP contribution in [-0.4, -0.2) is 39.6 Å². The SMILES string of the molecule is CC(C)(C)NC1=C(C(=O)OC(C)(C)C)C(C(=O)OC(C)(C)C)c2c(ccc(C(=O)c3ccccc3)c2O)O1. The molecule has 0 radical (unpaired) electrons. The van der Waals surface area contributed by atoms with Crippen molar-refractivity contribution in [3.63, 3.8) is 0 Å². The predicted octanol–water partition coefficient (Wildman–Crippen LogP) is 5.38. The van der Waals surface area contributed by atoms with Crippen molar-refractivity contribution < 1.29 is 33.7 Å². The van der Waals surface area contributed by atoms with Gasteiger partial charge < -0.3 is 24.6 Å². The van der Waals surface area contributed by atoms with E-state index in [1.165, 1.54) is 12.1 Å². The Morgan fingerprint density at radius 3 is 1.95 bits per heavy atom. The van der Waals surface area contributed by atoms with E-state index in [9.17, 15) is 19.5 Å². The summed E-state index contributed by atoms with van der Waals surface area (Å²) in [5.74, 6) is -3.83. The lowest BCUT2D eigenvalue weighted by atomic mass is 9.85. The number of carbonyl (C=O) groups excluding carboxylic acids is 3. The van der Waals surface area contributed by atoms with Crippen LogP contribution in [-0.2, 0) is 19.1 Å². The number of esters is 2. The highest BCUT2D eigenvalue weighted by Crippen LogP contribution is 2.47. The summed E-state index contributed by atoms with van der Waals surface area (Å²) in [5, 5.41) is 14.6. The standard InChI is InChI=1S/C30H37NO7/c1-28(2,3)31-25-22(27(35)38-30(7,8)9)21(26(34)37-29(4,5)6)20-19(36-25)16-15-18(24(20)33)23(32)17-13-11-10-12-14-17/h10-16,21,31,33H,1-9H3. The van der Waals surface area contributed by atoms with E-state index < -0.39 is 46.1 Å². The molecule has 1 aliphatic rings. The topological polar surface area (TPSA) is 111 Å². The smallest absolute Gasteiger partial charge is 0.341 e. The van der Waals surface area contributed by atoms with Crippen molar-refractivity contribution in [2.75, 3.05) is 0 Å². The summed E-state index contributed by atoms with van der Waals surface area (Å²) in [6, 6.07) is 11.4. The molecule has 0 bridgehead atoms. The molecule has 1 heterocycles. The van der Waals surface area contributed by atoms with Gasteiger partial charge in [-0.05, 0) is 74.4 Å². The van der Waals surface area contributed by atoms with Crippen molar-refractivity contribution in [2.24, 2.45) is 0 Å². The number of carbonyl (C=O) groups is 3. The van der Waals surface area contributed by atoms with Gasteiger partial charge in [0.15, 0.2) is 5.78 Å². The molecule has 0 aliphatic carbocycles. The molecule has 1 aliphatic heterocycles. The molecule has 0 aromatic heterocycles. The third-order valence-corrected chi connectivity index (χ3v) is 5.24. The van der Waals surface area contributed by atoms with E-state index in [2.05, 4.69) is 5.32 Å². The van der Waals surface area contributed by atoms with Crippen LogP contribution in [0.25, 0.3) is 0 Å². The Bertz CT molecular complexity index is 1270. The van der Waals surface area contributed by atoms with Crippen LogP contribution in [0.15, 0.2) is 53.9 Å². The number of benzene rings is 2. The number of hydrogen-bond acceptors (Lipinski definition) is 8. The minimum Gasteiger partial charge on any atom is -0.507 e. The van der Waals surface area contributed by atoms with Crippen molar-refractivity contribution in [1.82, 2.24) is 5.32 Å². The zero-order valence-corrected chi connectivity index (χ0v) is 23.5. The molecule has 0 saturated heterocycles. The molecule has 38 heavy (non-hydrogen) atoms. The maximum atomic E-state index is 13.7. The molecule has 204 valence electrons. The van der Waals surface area contributed by atoms with Gasteiger partial charge in [0.05, 0.1) is 11.1 Å². The molecule has 1 unspecified atom stereocenters. The van der Waals surface area contributed by atoms with Crippen LogP contribution in [0.2, 0.25) is 0 Å². The van der Waals surface area contributed by atoms with Crippen molar-refractivity contribution in [3.05, 3.63) is 70.6 Å². The van der Waals surface area contributed by atoms with Crippen LogP contribution in [0.4, 0.5) is 0 Å². The maximum Gasteiger partial charge on any atom is 0.341 e. The summed E-state index contributed by atoms with van der Waals surface area (Å²) in [5.41, 5.74) is -2.24. The summed E-state index contributed by atoms with van der Waals surface area (Å²) >= 11 is 0. The third kappa shape index (κ3) is 6.73. The van der Waals surface area contributed by atoms with Crippen LogP contribution in [0.5, 0.6) is 11.5 Å². The lowest BCUT2D eigenvalue weighted by Crippen LogP contribution is -2.43. The Labute approximate surface area is 224 Å². The lowest BCUT2D eigenvalue weighted by Gasteiger charge is -2.35. The molecule has 0 saturated carbocycles. The molecule has 0 amide bonds. The number of aromatic hydroxyl groups is 1. The monoisotopic (exact) mass is 523 g/mol. The minimum atomic E-state index is -1.43. The second-order valence-corrected chi connectivity index (χ2v) is 12.3.